The highest BCUT2D eigenvalue weighted by molar-refractivity contribution is 6.27. The molecule has 0 aliphatic carbocycles. The minimum absolute atomic E-state index is 0.218. The third kappa shape index (κ3) is 3.50. The molecule has 27 heavy (non-hydrogen) atoms. The molecular weight excluding hydrogens is 342 g/mol. The zero-order valence-corrected chi connectivity index (χ0v) is 14.4. The number of aryl methyl sites for hydroxylation is 1. The summed E-state index contributed by atoms with van der Waals surface area (Å²) in [5.74, 6) is -1.16. The number of carboxylic acids is 1. The van der Waals surface area contributed by atoms with Crippen LogP contribution in [0, 0.1) is 0 Å². The van der Waals surface area contributed by atoms with Crippen LogP contribution in [0.4, 0.5) is 0 Å². The minimum atomic E-state index is -0.944. The highest BCUT2D eigenvalue weighted by atomic mass is 16.4. The Bertz CT molecular complexity index is 1060. The Kier molecular flexibility index (Phi) is 4.30. The van der Waals surface area contributed by atoms with Gasteiger partial charge in [0, 0.05) is 11.2 Å². The molecule has 0 bridgehead atoms. The maximum atomic E-state index is 12.2. The summed E-state index contributed by atoms with van der Waals surface area (Å²) < 4.78 is 0. The van der Waals surface area contributed by atoms with E-state index in [9.17, 15) is 9.59 Å². The maximum Gasteiger partial charge on any atom is 0.335 e. The van der Waals surface area contributed by atoms with Crippen molar-refractivity contribution in [2.75, 3.05) is 0 Å². The number of carbonyl (C=O) groups is 2. The van der Waals surface area contributed by atoms with Crippen LogP contribution in [-0.4, -0.2) is 27.7 Å². The number of rotatable bonds is 5. The summed E-state index contributed by atoms with van der Waals surface area (Å²) in [4.78, 5) is 26.4. The predicted molar refractivity (Wildman–Crippen MR) is 104 cm³/mol. The van der Waals surface area contributed by atoms with E-state index in [1.165, 1.54) is 0 Å². The first-order valence-electron chi connectivity index (χ1n) is 8.59. The summed E-state index contributed by atoms with van der Waals surface area (Å²) in [6, 6.07) is 16.7. The smallest absolute Gasteiger partial charge is 0.335 e. The normalized spacial score (nSPS) is 15.2. The number of aromatic nitrogens is 1. The van der Waals surface area contributed by atoms with E-state index >= 15 is 0 Å². The highest BCUT2D eigenvalue weighted by Gasteiger charge is 2.22. The lowest BCUT2D eigenvalue weighted by Gasteiger charge is -2.03. The van der Waals surface area contributed by atoms with Crippen LogP contribution < -0.4 is 5.43 Å². The molecule has 1 amide bonds. The first-order chi connectivity index (χ1) is 13.1. The first kappa shape index (κ1) is 16.8. The molecule has 6 nitrogen and oxygen atoms in total. The van der Waals surface area contributed by atoms with Gasteiger partial charge in [0.2, 0.25) is 0 Å². The van der Waals surface area contributed by atoms with E-state index in [0.29, 0.717) is 24.1 Å². The zero-order valence-electron chi connectivity index (χ0n) is 14.4. The number of aromatic carboxylic acids is 1. The largest absolute Gasteiger partial charge is 0.478 e. The Morgan fingerprint density at radius 3 is 2.59 bits per heavy atom. The van der Waals surface area contributed by atoms with Crippen LogP contribution in [0.15, 0.2) is 65.3 Å². The molecule has 1 aliphatic rings. The van der Waals surface area contributed by atoms with Crippen molar-refractivity contribution in [3.05, 3.63) is 77.0 Å². The number of carboxylic acid groups (broad SMARTS) is 1. The molecular formula is C21H17N3O3. The van der Waals surface area contributed by atoms with Crippen molar-refractivity contribution in [3.63, 3.8) is 0 Å². The summed E-state index contributed by atoms with van der Waals surface area (Å²) in [5.41, 5.74) is 6.88. The topological polar surface area (TPSA) is 94.6 Å². The number of fused-ring (bicyclic) bond motifs is 1. The van der Waals surface area contributed by atoms with Crippen LogP contribution in [0.25, 0.3) is 17.0 Å². The fourth-order valence-corrected chi connectivity index (χ4v) is 3.11. The van der Waals surface area contributed by atoms with Gasteiger partial charge >= 0.3 is 5.97 Å². The molecule has 0 spiro atoms. The van der Waals surface area contributed by atoms with Gasteiger partial charge in [0.1, 0.15) is 0 Å². The Labute approximate surface area is 155 Å². The van der Waals surface area contributed by atoms with E-state index in [1.807, 2.05) is 36.4 Å². The van der Waals surface area contributed by atoms with Crippen LogP contribution >= 0.6 is 0 Å². The van der Waals surface area contributed by atoms with Crippen molar-refractivity contribution in [1.29, 1.82) is 0 Å². The summed E-state index contributed by atoms with van der Waals surface area (Å²) in [7, 11) is 0. The van der Waals surface area contributed by atoms with E-state index in [1.54, 1.807) is 24.3 Å². The first-order valence-corrected chi connectivity index (χ1v) is 8.59. The molecule has 1 aliphatic heterocycles. The fraction of sp³-hybridized carbons (Fsp3) is 0.0952. The molecule has 6 heteroatoms. The van der Waals surface area contributed by atoms with Gasteiger partial charge in [-0.15, -0.1) is 0 Å². The van der Waals surface area contributed by atoms with E-state index in [4.69, 9.17) is 5.11 Å². The molecule has 2 aromatic carbocycles. The van der Waals surface area contributed by atoms with Crippen molar-refractivity contribution in [2.24, 2.45) is 5.10 Å². The van der Waals surface area contributed by atoms with Crippen LogP contribution in [0.1, 0.15) is 28.0 Å². The van der Waals surface area contributed by atoms with Crippen LogP contribution in [0.5, 0.6) is 0 Å². The van der Waals surface area contributed by atoms with Gasteiger partial charge in [0.05, 0.1) is 16.8 Å². The second-order valence-corrected chi connectivity index (χ2v) is 6.37. The third-order valence-corrected chi connectivity index (χ3v) is 4.55. The predicted octanol–water partition coefficient (Wildman–Crippen LogP) is 3.37. The monoisotopic (exact) mass is 359 g/mol. The Morgan fingerprint density at radius 2 is 1.85 bits per heavy atom. The molecule has 4 rings (SSSR count). The molecule has 3 N–H and O–H groups in total. The number of hydrazone groups is 1. The fourth-order valence-electron chi connectivity index (χ4n) is 3.11. The number of carbonyl (C=O) groups excluding carboxylic acids is 1. The van der Waals surface area contributed by atoms with E-state index in [-0.39, 0.29) is 11.5 Å². The van der Waals surface area contributed by atoms with E-state index in [0.717, 1.165) is 22.2 Å². The number of aromatic amines is 1. The minimum Gasteiger partial charge on any atom is -0.478 e. The number of hydrogen-bond acceptors (Lipinski definition) is 3. The van der Waals surface area contributed by atoms with Crippen molar-refractivity contribution < 1.29 is 14.7 Å². The molecule has 0 unspecified atom stereocenters. The van der Waals surface area contributed by atoms with Gasteiger partial charge in [-0.3, -0.25) is 4.79 Å². The number of nitrogens with one attached hydrogen (secondary N) is 2. The number of hydrogen-bond donors (Lipinski definition) is 3. The average molecular weight is 359 g/mol. The Hall–Kier alpha value is -3.67. The zero-order chi connectivity index (χ0) is 18.8. The molecule has 0 atom stereocenters. The average Bonchev–Trinajstić information content (AvgIpc) is 3.24. The maximum absolute atomic E-state index is 12.2. The molecule has 0 fully saturated rings. The Morgan fingerprint density at radius 1 is 1.07 bits per heavy atom. The number of benzene rings is 2. The number of H-pyrrole nitrogens is 1. The summed E-state index contributed by atoms with van der Waals surface area (Å²) >= 11 is 0. The van der Waals surface area contributed by atoms with Gasteiger partial charge in [-0.25, -0.2) is 10.2 Å². The second-order valence-electron chi connectivity index (χ2n) is 6.37. The molecule has 3 aromatic rings. The SMILES string of the molecule is O=C1NN=C(CCc2ccc(C(=O)O)cc2)C1=Cc1cc2ccccc2[nH]1. The van der Waals surface area contributed by atoms with Crippen molar-refractivity contribution in [1.82, 2.24) is 10.4 Å². The van der Waals surface area contributed by atoms with Crippen molar-refractivity contribution >= 4 is 34.6 Å². The second kappa shape index (κ2) is 6.92. The summed E-state index contributed by atoms with van der Waals surface area (Å²) in [5, 5.41) is 14.2. The number of para-hydroxylation sites is 1. The van der Waals surface area contributed by atoms with Crippen LogP contribution in [0.2, 0.25) is 0 Å². The molecule has 0 saturated heterocycles. The van der Waals surface area contributed by atoms with Gasteiger partial charge in [-0.05, 0) is 54.1 Å². The van der Waals surface area contributed by atoms with Gasteiger partial charge < -0.3 is 10.1 Å². The molecule has 2 heterocycles. The summed E-state index contributed by atoms with van der Waals surface area (Å²) in [6.45, 7) is 0. The third-order valence-electron chi connectivity index (χ3n) is 4.55. The quantitative estimate of drug-likeness (QED) is 0.610. The lowest BCUT2D eigenvalue weighted by Crippen LogP contribution is -2.13. The van der Waals surface area contributed by atoms with Crippen molar-refractivity contribution in [3.8, 4) is 0 Å². The van der Waals surface area contributed by atoms with Gasteiger partial charge in [-0.1, -0.05) is 30.3 Å². The highest BCUT2D eigenvalue weighted by Crippen LogP contribution is 2.20. The van der Waals surface area contributed by atoms with E-state index < -0.39 is 5.97 Å². The van der Waals surface area contributed by atoms with Gasteiger partial charge in [-0.2, -0.15) is 5.10 Å². The van der Waals surface area contributed by atoms with Gasteiger partial charge in [0.15, 0.2) is 0 Å². The van der Waals surface area contributed by atoms with Crippen LogP contribution in [-0.2, 0) is 11.2 Å². The molecule has 1 aromatic heterocycles. The molecule has 0 radical (unpaired) electrons. The standard InChI is InChI=1S/C21H17N3O3/c25-20-17(12-16-11-15-3-1-2-4-18(15)22-16)19(23-24-20)10-7-13-5-8-14(9-6-13)21(26)27/h1-6,8-9,11-12,22H,7,10H2,(H,24,25)(H,26,27). The summed E-state index contributed by atoms with van der Waals surface area (Å²) in [6.07, 6.45) is 3.06. The molecule has 0 saturated carbocycles. The van der Waals surface area contributed by atoms with Gasteiger partial charge in [0.25, 0.3) is 5.91 Å². The number of nitrogens with zero attached hydrogens (tertiary/aromatic N) is 1. The number of amides is 1. The molecule has 134 valence electrons. The van der Waals surface area contributed by atoms with E-state index in [2.05, 4.69) is 15.5 Å². The van der Waals surface area contributed by atoms with Crippen LogP contribution in [0.3, 0.4) is 0 Å². The lowest BCUT2D eigenvalue weighted by molar-refractivity contribution is -0.116. The van der Waals surface area contributed by atoms with Crippen molar-refractivity contribution in [2.45, 2.75) is 12.8 Å². The Balaban J connectivity index is 1.51. The lowest BCUT2D eigenvalue weighted by atomic mass is 10.0.